The highest BCUT2D eigenvalue weighted by Crippen LogP contribution is 2.14. The predicted molar refractivity (Wildman–Crippen MR) is 297 cm³/mol. The summed E-state index contributed by atoms with van der Waals surface area (Å²) < 4.78 is 16.8. The molecule has 69 heavy (non-hydrogen) atoms. The van der Waals surface area contributed by atoms with E-state index >= 15 is 0 Å². The van der Waals surface area contributed by atoms with Gasteiger partial charge in [0, 0.05) is 19.3 Å². The van der Waals surface area contributed by atoms with Gasteiger partial charge in [-0.2, -0.15) is 0 Å². The SMILES string of the molecule is CC/C=C\C/C=C\C/C=C\C/C=C\CCCCCCCCCCCCC(=O)OCC(COC(=O)CCCCC/C=C\C/C=C\C/C=C\CC)OC(=O)CCCCCCC/C=C\C/C=C\C/C=C\CC. The number of unbranched alkanes of at least 4 members (excludes halogenated alkanes) is 18. The van der Waals surface area contributed by atoms with Crippen molar-refractivity contribution in [2.24, 2.45) is 0 Å². The summed E-state index contributed by atoms with van der Waals surface area (Å²) in [4.78, 5) is 38.1. The highest BCUT2D eigenvalue weighted by atomic mass is 16.6. The molecule has 390 valence electrons. The maximum atomic E-state index is 12.8. The summed E-state index contributed by atoms with van der Waals surface area (Å²) in [6, 6.07) is 0. The van der Waals surface area contributed by atoms with Gasteiger partial charge in [0.15, 0.2) is 6.10 Å². The Labute approximate surface area is 424 Å². The number of hydrogen-bond acceptors (Lipinski definition) is 6. The number of rotatable bonds is 49. The number of carbonyl (C=O) groups excluding carboxylic acids is 3. The highest BCUT2D eigenvalue weighted by molar-refractivity contribution is 5.71. The minimum absolute atomic E-state index is 0.0997. The largest absolute Gasteiger partial charge is 0.462 e. The molecule has 0 amide bonds. The molecule has 0 bridgehead atoms. The van der Waals surface area contributed by atoms with E-state index < -0.39 is 6.10 Å². The quantitative estimate of drug-likeness (QED) is 0.0262. The third-order valence-corrected chi connectivity index (χ3v) is 11.4. The molecule has 0 heterocycles. The van der Waals surface area contributed by atoms with Gasteiger partial charge < -0.3 is 14.2 Å². The summed E-state index contributed by atoms with van der Waals surface area (Å²) >= 11 is 0. The third kappa shape index (κ3) is 54.6. The van der Waals surface area contributed by atoms with Gasteiger partial charge in [0.25, 0.3) is 0 Å². The first-order valence-electron chi connectivity index (χ1n) is 28.0. The summed E-state index contributed by atoms with van der Waals surface area (Å²) in [6.07, 6.45) is 77.6. The number of ether oxygens (including phenoxy) is 3. The zero-order valence-electron chi connectivity index (χ0n) is 44.5. The summed E-state index contributed by atoms with van der Waals surface area (Å²) in [5, 5.41) is 0. The van der Waals surface area contributed by atoms with Crippen LogP contribution in [0.2, 0.25) is 0 Å². The smallest absolute Gasteiger partial charge is 0.306 e. The van der Waals surface area contributed by atoms with Gasteiger partial charge >= 0.3 is 17.9 Å². The molecule has 6 nitrogen and oxygen atoms in total. The van der Waals surface area contributed by atoms with Gasteiger partial charge in [-0.25, -0.2) is 0 Å². The Morgan fingerprint density at radius 1 is 0.290 bits per heavy atom. The van der Waals surface area contributed by atoms with Crippen molar-refractivity contribution in [3.05, 3.63) is 122 Å². The Bertz CT molecular complexity index is 1470. The van der Waals surface area contributed by atoms with Crippen molar-refractivity contribution in [3.63, 3.8) is 0 Å². The average molecular weight is 956 g/mol. The lowest BCUT2D eigenvalue weighted by atomic mass is 10.1. The second kappa shape index (κ2) is 56.4. The van der Waals surface area contributed by atoms with Crippen molar-refractivity contribution in [2.75, 3.05) is 13.2 Å². The fourth-order valence-electron chi connectivity index (χ4n) is 7.34. The zero-order valence-corrected chi connectivity index (χ0v) is 44.5. The molecular formula is C63H102O6. The van der Waals surface area contributed by atoms with Crippen molar-refractivity contribution in [1.82, 2.24) is 0 Å². The van der Waals surface area contributed by atoms with Crippen LogP contribution >= 0.6 is 0 Å². The lowest BCUT2D eigenvalue weighted by Crippen LogP contribution is -2.30. The molecule has 0 radical (unpaired) electrons. The number of hydrogen-bond donors (Lipinski definition) is 0. The third-order valence-electron chi connectivity index (χ3n) is 11.4. The number of carbonyl (C=O) groups is 3. The van der Waals surface area contributed by atoms with Crippen LogP contribution in [0, 0.1) is 0 Å². The van der Waals surface area contributed by atoms with Gasteiger partial charge in [-0.3, -0.25) is 14.4 Å². The Balaban J connectivity index is 4.39. The molecule has 0 fully saturated rings. The van der Waals surface area contributed by atoms with E-state index in [1.54, 1.807) is 0 Å². The maximum Gasteiger partial charge on any atom is 0.306 e. The molecule has 0 aliphatic rings. The van der Waals surface area contributed by atoms with Gasteiger partial charge in [-0.05, 0) is 122 Å². The van der Waals surface area contributed by atoms with E-state index in [2.05, 4.69) is 142 Å². The Morgan fingerprint density at radius 3 is 0.826 bits per heavy atom. The van der Waals surface area contributed by atoms with Crippen LogP contribution in [0.4, 0.5) is 0 Å². The molecule has 1 atom stereocenters. The molecule has 0 aliphatic carbocycles. The van der Waals surface area contributed by atoms with E-state index in [9.17, 15) is 14.4 Å². The van der Waals surface area contributed by atoms with Crippen LogP contribution in [-0.4, -0.2) is 37.2 Å². The van der Waals surface area contributed by atoms with Crippen LogP contribution in [0.3, 0.4) is 0 Å². The monoisotopic (exact) mass is 955 g/mol. The van der Waals surface area contributed by atoms with Crippen LogP contribution in [0.15, 0.2) is 122 Å². The molecule has 0 aromatic carbocycles. The van der Waals surface area contributed by atoms with Gasteiger partial charge in [-0.1, -0.05) is 219 Å². The normalized spacial score (nSPS) is 13.0. The molecular weight excluding hydrogens is 853 g/mol. The second-order valence-electron chi connectivity index (χ2n) is 18.0. The Kier molecular flexibility index (Phi) is 53.0. The van der Waals surface area contributed by atoms with Crippen LogP contribution in [0.1, 0.15) is 239 Å². The standard InChI is InChI=1S/C63H102O6/c1-4-7-10-13-16-19-22-25-27-28-29-30-31-32-33-34-36-38-41-44-47-50-53-56-62(65)68-59-60(58-67-61(64)55-52-49-46-43-40-37-24-21-18-15-12-9-6-3)69-63(66)57-54-51-48-45-42-39-35-26-23-20-17-14-11-8-5-2/h7-12,16-21,25-27,29-30,35,37,40,60H,4-6,13-15,22-24,28,31-34,36,38-39,41-59H2,1-3H3/b10-7-,11-8-,12-9-,19-16-,20-17-,21-18-,27-25-,30-29-,35-26-,40-37-. The number of allylic oxidation sites excluding steroid dienone is 20. The van der Waals surface area contributed by atoms with Gasteiger partial charge in [0.1, 0.15) is 13.2 Å². The minimum Gasteiger partial charge on any atom is -0.462 e. The van der Waals surface area contributed by atoms with E-state index in [0.717, 1.165) is 148 Å². The lowest BCUT2D eigenvalue weighted by Gasteiger charge is -2.18. The maximum absolute atomic E-state index is 12.8. The fraction of sp³-hybridized carbons (Fsp3) is 0.635. The number of esters is 3. The molecule has 0 aliphatic heterocycles. The van der Waals surface area contributed by atoms with E-state index in [-0.39, 0.29) is 31.1 Å². The van der Waals surface area contributed by atoms with Crippen molar-refractivity contribution in [2.45, 2.75) is 245 Å². The Hall–Kier alpha value is -4.19. The van der Waals surface area contributed by atoms with E-state index in [1.165, 1.54) is 51.4 Å². The highest BCUT2D eigenvalue weighted by Gasteiger charge is 2.19. The van der Waals surface area contributed by atoms with E-state index in [4.69, 9.17) is 14.2 Å². The van der Waals surface area contributed by atoms with Gasteiger partial charge in [-0.15, -0.1) is 0 Å². The molecule has 0 N–H and O–H groups in total. The molecule has 6 heteroatoms. The predicted octanol–water partition coefficient (Wildman–Crippen LogP) is 18.9. The van der Waals surface area contributed by atoms with Gasteiger partial charge in [0.2, 0.25) is 0 Å². The summed E-state index contributed by atoms with van der Waals surface area (Å²) in [5.41, 5.74) is 0. The molecule has 0 spiro atoms. The molecule has 1 unspecified atom stereocenters. The van der Waals surface area contributed by atoms with E-state index in [0.29, 0.717) is 19.3 Å². The van der Waals surface area contributed by atoms with Crippen molar-refractivity contribution >= 4 is 17.9 Å². The zero-order chi connectivity index (χ0) is 50.0. The molecule has 0 saturated heterocycles. The topological polar surface area (TPSA) is 78.9 Å². The van der Waals surface area contributed by atoms with Crippen molar-refractivity contribution in [3.8, 4) is 0 Å². The fourth-order valence-corrected chi connectivity index (χ4v) is 7.34. The molecule has 0 saturated carbocycles. The Morgan fingerprint density at radius 2 is 0.522 bits per heavy atom. The lowest BCUT2D eigenvalue weighted by molar-refractivity contribution is -0.167. The first-order valence-corrected chi connectivity index (χ1v) is 28.0. The van der Waals surface area contributed by atoms with Crippen molar-refractivity contribution < 1.29 is 28.6 Å². The van der Waals surface area contributed by atoms with Crippen LogP contribution in [0.5, 0.6) is 0 Å². The first-order chi connectivity index (χ1) is 34.0. The van der Waals surface area contributed by atoms with Crippen LogP contribution < -0.4 is 0 Å². The molecule has 0 rings (SSSR count). The summed E-state index contributed by atoms with van der Waals surface area (Å²) in [7, 11) is 0. The summed E-state index contributed by atoms with van der Waals surface area (Å²) in [6.45, 7) is 6.25. The van der Waals surface area contributed by atoms with Gasteiger partial charge in [0.05, 0.1) is 0 Å². The van der Waals surface area contributed by atoms with Crippen LogP contribution in [0.25, 0.3) is 0 Å². The first kappa shape index (κ1) is 64.8. The molecule has 0 aromatic rings. The summed E-state index contributed by atoms with van der Waals surface area (Å²) in [5.74, 6) is -0.955. The minimum atomic E-state index is -0.804. The van der Waals surface area contributed by atoms with E-state index in [1.807, 2.05) is 0 Å². The molecule has 0 aromatic heterocycles. The average Bonchev–Trinajstić information content (AvgIpc) is 3.35. The second-order valence-corrected chi connectivity index (χ2v) is 18.0. The van der Waals surface area contributed by atoms with Crippen molar-refractivity contribution in [1.29, 1.82) is 0 Å². The van der Waals surface area contributed by atoms with Crippen LogP contribution in [-0.2, 0) is 28.6 Å².